The first-order valence-electron chi connectivity index (χ1n) is 5.07. The third-order valence-electron chi connectivity index (χ3n) is 2.68. The number of rotatable bonds is 4. The largest absolute Gasteiger partial charge is 0.395 e. The molecule has 2 nitrogen and oxygen atoms in total. The fraction of sp³-hybridized carbons (Fsp3) is 0.500. The molecule has 1 aromatic rings. The number of hydrogen-bond donors (Lipinski definition) is 2. The number of benzene rings is 1. The molecule has 14 heavy (non-hydrogen) atoms. The molecule has 0 aliphatic carbocycles. The Hall–Kier alpha value is -0.860. The first-order chi connectivity index (χ1) is 6.66. The van der Waals surface area contributed by atoms with Crippen LogP contribution in [0, 0.1) is 13.8 Å². The van der Waals surface area contributed by atoms with Gasteiger partial charge >= 0.3 is 0 Å². The van der Waals surface area contributed by atoms with Crippen molar-refractivity contribution < 1.29 is 5.11 Å². The van der Waals surface area contributed by atoms with Gasteiger partial charge in [-0.1, -0.05) is 18.2 Å². The molecule has 1 unspecified atom stereocenters. The minimum atomic E-state index is 0.190. The van der Waals surface area contributed by atoms with Crippen LogP contribution in [0.2, 0.25) is 0 Å². The fourth-order valence-corrected chi connectivity index (χ4v) is 1.63. The van der Waals surface area contributed by atoms with Gasteiger partial charge in [-0.25, -0.2) is 0 Å². The lowest BCUT2D eigenvalue weighted by Gasteiger charge is -2.17. The Kier molecular flexibility index (Phi) is 4.11. The van der Waals surface area contributed by atoms with Gasteiger partial charge in [-0.2, -0.15) is 0 Å². The minimum Gasteiger partial charge on any atom is -0.395 e. The van der Waals surface area contributed by atoms with Gasteiger partial charge in [0.05, 0.1) is 6.61 Å². The van der Waals surface area contributed by atoms with Crippen LogP contribution in [0.25, 0.3) is 0 Å². The summed E-state index contributed by atoms with van der Waals surface area (Å²) in [7, 11) is 0. The highest BCUT2D eigenvalue weighted by Crippen LogP contribution is 2.19. The van der Waals surface area contributed by atoms with Crippen LogP contribution in [0.5, 0.6) is 0 Å². The molecule has 0 spiro atoms. The van der Waals surface area contributed by atoms with Crippen LogP contribution >= 0.6 is 0 Å². The Bertz CT molecular complexity index is 296. The van der Waals surface area contributed by atoms with Crippen LogP contribution in [0.1, 0.15) is 29.7 Å². The van der Waals surface area contributed by atoms with Gasteiger partial charge in [-0.15, -0.1) is 0 Å². The molecule has 0 amide bonds. The molecule has 0 radical (unpaired) electrons. The molecular weight excluding hydrogens is 174 g/mol. The molecule has 0 aliphatic rings. The van der Waals surface area contributed by atoms with Crippen molar-refractivity contribution in [1.29, 1.82) is 0 Å². The molecule has 1 rings (SSSR count). The fourth-order valence-electron chi connectivity index (χ4n) is 1.63. The van der Waals surface area contributed by atoms with E-state index >= 15 is 0 Å². The molecule has 1 aromatic carbocycles. The molecule has 0 fully saturated rings. The highest BCUT2D eigenvalue weighted by Gasteiger charge is 2.07. The van der Waals surface area contributed by atoms with Crippen molar-refractivity contribution in [2.24, 2.45) is 0 Å². The summed E-state index contributed by atoms with van der Waals surface area (Å²) in [6, 6.07) is 6.64. The van der Waals surface area contributed by atoms with Crippen LogP contribution in [-0.4, -0.2) is 18.3 Å². The molecule has 2 heteroatoms. The van der Waals surface area contributed by atoms with Gasteiger partial charge in [0.25, 0.3) is 0 Å². The standard InChI is InChI=1S/C12H19NO/c1-9-5-4-6-12(10(9)2)11(3)13-7-8-14/h4-6,11,13-14H,7-8H2,1-3H3. The highest BCUT2D eigenvalue weighted by molar-refractivity contribution is 5.34. The summed E-state index contributed by atoms with van der Waals surface area (Å²) in [5, 5.41) is 12.0. The Morgan fingerprint density at radius 1 is 1.36 bits per heavy atom. The van der Waals surface area contributed by atoms with E-state index < -0.39 is 0 Å². The van der Waals surface area contributed by atoms with Crippen LogP contribution in [0.4, 0.5) is 0 Å². The minimum absolute atomic E-state index is 0.190. The number of aliphatic hydroxyl groups excluding tert-OH is 1. The Morgan fingerprint density at radius 3 is 2.71 bits per heavy atom. The second kappa shape index (κ2) is 5.13. The van der Waals surface area contributed by atoms with Crippen LogP contribution in [0.3, 0.4) is 0 Å². The zero-order chi connectivity index (χ0) is 10.6. The molecule has 0 heterocycles. The van der Waals surface area contributed by atoms with Gasteiger partial charge < -0.3 is 10.4 Å². The summed E-state index contributed by atoms with van der Waals surface area (Å²) in [6.07, 6.45) is 0. The number of aliphatic hydroxyl groups is 1. The second-order valence-electron chi connectivity index (χ2n) is 3.69. The molecule has 1 atom stereocenters. The van der Waals surface area contributed by atoms with Gasteiger partial charge in [0.1, 0.15) is 0 Å². The van der Waals surface area contributed by atoms with Crippen molar-refractivity contribution >= 4 is 0 Å². The molecule has 0 bridgehead atoms. The van der Waals surface area contributed by atoms with E-state index in [2.05, 4.69) is 44.3 Å². The first-order valence-corrected chi connectivity index (χ1v) is 5.07. The van der Waals surface area contributed by atoms with Crippen LogP contribution < -0.4 is 5.32 Å². The van der Waals surface area contributed by atoms with Gasteiger partial charge in [0.15, 0.2) is 0 Å². The predicted octanol–water partition coefficient (Wildman–Crippen LogP) is 1.95. The first kappa shape index (κ1) is 11.2. The predicted molar refractivity (Wildman–Crippen MR) is 59.4 cm³/mol. The Balaban J connectivity index is 2.79. The lowest BCUT2D eigenvalue weighted by Crippen LogP contribution is -2.22. The summed E-state index contributed by atoms with van der Waals surface area (Å²) in [5.74, 6) is 0. The summed E-state index contributed by atoms with van der Waals surface area (Å²) in [6.45, 7) is 7.22. The van der Waals surface area contributed by atoms with Crippen molar-refractivity contribution in [1.82, 2.24) is 5.32 Å². The molecule has 0 saturated heterocycles. The summed E-state index contributed by atoms with van der Waals surface area (Å²) in [5.41, 5.74) is 3.98. The van der Waals surface area contributed by atoms with Crippen molar-refractivity contribution in [2.45, 2.75) is 26.8 Å². The SMILES string of the molecule is Cc1cccc(C(C)NCCO)c1C. The van der Waals surface area contributed by atoms with Crippen molar-refractivity contribution in [2.75, 3.05) is 13.2 Å². The molecule has 0 saturated carbocycles. The zero-order valence-corrected chi connectivity index (χ0v) is 9.17. The van der Waals surface area contributed by atoms with Gasteiger partial charge in [0, 0.05) is 12.6 Å². The second-order valence-corrected chi connectivity index (χ2v) is 3.69. The topological polar surface area (TPSA) is 32.3 Å². The smallest absolute Gasteiger partial charge is 0.0556 e. The maximum absolute atomic E-state index is 8.72. The van der Waals surface area contributed by atoms with Crippen LogP contribution in [0.15, 0.2) is 18.2 Å². The normalized spacial score (nSPS) is 12.9. The quantitative estimate of drug-likeness (QED) is 0.766. The molecular formula is C12H19NO. The summed E-state index contributed by atoms with van der Waals surface area (Å²) in [4.78, 5) is 0. The van der Waals surface area contributed by atoms with Crippen molar-refractivity contribution in [3.8, 4) is 0 Å². The number of hydrogen-bond acceptors (Lipinski definition) is 2. The monoisotopic (exact) mass is 193 g/mol. The molecule has 0 aliphatic heterocycles. The van der Waals surface area contributed by atoms with Gasteiger partial charge in [-0.05, 0) is 37.5 Å². The van der Waals surface area contributed by atoms with Crippen molar-refractivity contribution in [3.05, 3.63) is 34.9 Å². The lowest BCUT2D eigenvalue weighted by atomic mass is 9.98. The summed E-state index contributed by atoms with van der Waals surface area (Å²) < 4.78 is 0. The third-order valence-corrected chi connectivity index (χ3v) is 2.68. The maximum Gasteiger partial charge on any atom is 0.0556 e. The van der Waals surface area contributed by atoms with E-state index in [0.717, 1.165) is 0 Å². The van der Waals surface area contributed by atoms with Gasteiger partial charge in [0.2, 0.25) is 0 Å². The highest BCUT2D eigenvalue weighted by atomic mass is 16.3. The van der Waals surface area contributed by atoms with E-state index in [-0.39, 0.29) is 6.61 Å². The average molecular weight is 193 g/mol. The molecule has 0 aromatic heterocycles. The average Bonchev–Trinajstić information content (AvgIpc) is 2.18. The van der Waals surface area contributed by atoms with E-state index in [1.54, 1.807) is 0 Å². The number of aryl methyl sites for hydroxylation is 1. The molecule has 78 valence electrons. The van der Waals surface area contributed by atoms with Crippen molar-refractivity contribution in [3.63, 3.8) is 0 Å². The zero-order valence-electron chi connectivity index (χ0n) is 9.17. The van der Waals surface area contributed by atoms with E-state index in [9.17, 15) is 0 Å². The van der Waals surface area contributed by atoms with E-state index in [0.29, 0.717) is 12.6 Å². The third kappa shape index (κ3) is 2.56. The van der Waals surface area contributed by atoms with E-state index in [1.165, 1.54) is 16.7 Å². The van der Waals surface area contributed by atoms with Crippen LogP contribution in [-0.2, 0) is 0 Å². The van der Waals surface area contributed by atoms with Gasteiger partial charge in [-0.3, -0.25) is 0 Å². The van der Waals surface area contributed by atoms with E-state index in [1.807, 2.05) is 0 Å². The summed E-state index contributed by atoms with van der Waals surface area (Å²) >= 11 is 0. The molecule has 2 N–H and O–H groups in total. The Labute approximate surface area is 86.0 Å². The number of nitrogens with one attached hydrogen (secondary N) is 1. The maximum atomic E-state index is 8.72. The Morgan fingerprint density at radius 2 is 2.07 bits per heavy atom. The van der Waals surface area contributed by atoms with E-state index in [4.69, 9.17) is 5.11 Å². The lowest BCUT2D eigenvalue weighted by molar-refractivity contribution is 0.286.